The summed E-state index contributed by atoms with van der Waals surface area (Å²) in [6.07, 6.45) is 3.31. The number of thiophene rings is 2. The van der Waals surface area contributed by atoms with Gasteiger partial charge in [-0.25, -0.2) is 0 Å². The van der Waals surface area contributed by atoms with E-state index in [1.165, 1.54) is 0 Å². The lowest BCUT2D eigenvalue weighted by atomic mass is 10.1. The second-order valence-electron chi connectivity index (χ2n) is 9.30. The third-order valence-corrected chi connectivity index (χ3v) is 8.76. The number of aromatic hydroxyl groups is 2. The van der Waals surface area contributed by atoms with Crippen LogP contribution in [0, 0.1) is 13.8 Å². The summed E-state index contributed by atoms with van der Waals surface area (Å²) in [5, 5.41) is 20.8. The first-order valence-corrected chi connectivity index (χ1v) is 14.6. The SMILES string of the molecule is Cc1sc(-c2ccc(O)c(C=NCCN=Cc3cc(-c4sc(C)c5c4OCCO5)ccc3O)c2)c2c1OCCO2. The van der Waals surface area contributed by atoms with Crippen molar-refractivity contribution in [2.75, 3.05) is 39.5 Å². The van der Waals surface area contributed by atoms with E-state index in [2.05, 4.69) is 9.98 Å². The van der Waals surface area contributed by atoms with Crippen LogP contribution in [-0.4, -0.2) is 62.2 Å². The zero-order valence-electron chi connectivity index (χ0n) is 22.1. The van der Waals surface area contributed by atoms with Gasteiger partial charge in [-0.3, -0.25) is 9.98 Å². The maximum atomic E-state index is 10.4. The maximum Gasteiger partial charge on any atom is 0.180 e. The van der Waals surface area contributed by atoms with Crippen LogP contribution in [0.1, 0.15) is 20.9 Å². The van der Waals surface area contributed by atoms with Gasteiger partial charge in [0.25, 0.3) is 0 Å². The number of aliphatic imine (C=N–C) groups is 2. The lowest BCUT2D eigenvalue weighted by molar-refractivity contribution is 0.173. The van der Waals surface area contributed by atoms with Crippen LogP contribution >= 0.6 is 22.7 Å². The number of aryl methyl sites for hydroxylation is 2. The highest BCUT2D eigenvalue weighted by molar-refractivity contribution is 7.16. The number of hydrogen-bond donors (Lipinski definition) is 2. The first kappa shape index (κ1) is 26.2. The van der Waals surface area contributed by atoms with E-state index in [1.807, 2.05) is 38.1 Å². The zero-order chi connectivity index (χ0) is 27.6. The topological polar surface area (TPSA) is 102 Å². The summed E-state index contributed by atoms with van der Waals surface area (Å²) in [5.74, 6) is 3.43. The molecule has 4 aromatic rings. The Morgan fingerprint density at radius 3 is 1.48 bits per heavy atom. The van der Waals surface area contributed by atoms with Gasteiger partial charge in [-0.1, -0.05) is 0 Å². The first-order valence-electron chi connectivity index (χ1n) is 12.9. The van der Waals surface area contributed by atoms with Crippen LogP contribution in [-0.2, 0) is 0 Å². The fourth-order valence-corrected chi connectivity index (χ4v) is 6.69. The minimum Gasteiger partial charge on any atom is -0.507 e. The number of hydrogen-bond acceptors (Lipinski definition) is 10. The summed E-state index contributed by atoms with van der Waals surface area (Å²) in [7, 11) is 0. The second-order valence-corrected chi connectivity index (χ2v) is 11.8. The van der Waals surface area contributed by atoms with E-state index in [9.17, 15) is 10.2 Å². The van der Waals surface area contributed by atoms with Crippen LogP contribution in [0.5, 0.6) is 34.5 Å². The van der Waals surface area contributed by atoms with Crippen molar-refractivity contribution < 1.29 is 29.2 Å². The molecule has 2 N–H and O–H groups in total. The highest BCUT2D eigenvalue weighted by Gasteiger charge is 2.24. The molecule has 0 saturated carbocycles. The summed E-state index contributed by atoms with van der Waals surface area (Å²) in [6.45, 7) is 7.01. The molecule has 0 radical (unpaired) electrons. The molecular weight excluding hydrogens is 548 g/mol. The largest absolute Gasteiger partial charge is 0.507 e. The molecule has 8 nitrogen and oxygen atoms in total. The quantitative estimate of drug-likeness (QED) is 0.199. The lowest BCUT2D eigenvalue weighted by Crippen LogP contribution is -2.14. The Balaban J connectivity index is 1.13. The fraction of sp³-hybridized carbons (Fsp3) is 0.267. The highest BCUT2D eigenvalue weighted by Crippen LogP contribution is 2.50. The third kappa shape index (κ3) is 5.12. The van der Waals surface area contributed by atoms with Crippen molar-refractivity contribution in [3.05, 3.63) is 57.3 Å². The molecule has 10 heteroatoms. The predicted octanol–water partition coefficient (Wildman–Crippen LogP) is 6.25. The van der Waals surface area contributed by atoms with Gasteiger partial charge in [0.05, 0.1) is 22.8 Å². The Bertz CT molecular complexity index is 1500. The molecule has 6 rings (SSSR count). The van der Waals surface area contributed by atoms with Gasteiger partial charge in [-0.05, 0) is 61.4 Å². The molecule has 2 aliphatic rings. The van der Waals surface area contributed by atoms with E-state index in [1.54, 1.807) is 47.2 Å². The van der Waals surface area contributed by atoms with Gasteiger partial charge < -0.3 is 29.2 Å². The second kappa shape index (κ2) is 11.2. The first-order chi connectivity index (χ1) is 19.5. The van der Waals surface area contributed by atoms with Crippen LogP contribution in [0.2, 0.25) is 0 Å². The molecule has 2 aromatic carbocycles. The Kier molecular flexibility index (Phi) is 7.36. The van der Waals surface area contributed by atoms with Crippen molar-refractivity contribution in [2.45, 2.75) is 13.8 Å². The number of nitrogens with zero attached hydrogens (tertiary/aromatic N) is 2. The minimum absolute atomic E-state index is 0.150. The molecule has 0 bridgehead atoms. The molecule has 206 valence electrons. The predicted molar refractivity (Wildman–Crippen MR) is 159 cm³/mol. The summed E-state index contributed by atoms with van der Waals surface area (Å²) in [5.41, 5.74) is 3.10. The maximum absolute atomic E-state index is 10.4. The summed E-state index contributed by atoms with van der Waals surface area (Å²) >= 11 is 3.22. The smallest absolute Gasteiger partial charge is 0.180 e. The Labute approximate surface area is 239 Å². The van der Waals surface area contributed by atoms with Gasteiger partial charge in [0.2, 0.25) is 0 Å². The number of benzene rings is 2. The van der Waals surface area contributed by atoms with Crippen molar-refractivity contribution in [1.82, 2.24) is 0 Å². The van der Waals surface area contributed by atoms with E-state index in [0.717, 1.165) is 53.6 Å². The number of phenolic OH excluding ortho intramolecular Hbond substituents is 2. The van der Waals surface area contributed by atoms with Gasteiger partial charge in [0.1, 0.15) is 37.9 Å². The zero-order valence-corrected chi connectivity index (χ0v) is 23.7. The summed E-state index contributed by atoms with van der Waals surface area (Å²) in [6, 6.07) is 10.9. The monoisotopic (exact) mass is 576 g/mol. The van der Waals surface area contributed by atoms with Crippen molar-refractivity contribution in [2.24, 2.45) is 9.98 Å². The van der Waals surface area contributed by atoms with Gasteiger partial charge in [0, 0.05) is 33.3 Å². The van der Waals surface area contributed by atoms with Gasteiger partial charge in [-0.15, -0.1) is 22.7 Å². The third-order valence-electron chi connectivity index (χ3n) is 6.53. The Morgan fingerprint density at radius 1 is 0.650 bits per heavy atom. The Morgan fingerprint density at radius 2 is 1.05 bits per heavy atom. The van der Waals surface area contributed by atoms with E-state index < -0.39 is 0 Å². The number of rotatable bonds is 7. The normalized spacial score (nSPS) is 14.3. The van der Waals surface area contributed by atoms with Crippen LogP contribution in [0.3, 0.4) is 0 Å². The summed E-state index contributed by atoms with van der Waals surface area (Å²) < 4.78 is 23.3. The van der Waals surface area contributed by atoms with Crippen molar-refractivity contribution in [3.8, 4) is 55.4 Å². The average Bonchev–Trinajstić information content (AvgIpc) is 3.49. The molecule has 0 aliphatic carbocycles. The Hall–Kier alpha value is -4.02. The molecule has 0 amide bonds. The molecular formula is C30H28N2O6S2. The van der Waals surface area contributed by atoms with E-state index >= 15 is 0 Å². The number of fused-ring (bicyclic) bond motifs is 2. The number of phenols is 2. The molecule has 0 spiro atoms. The van der Waals surface area contributed by atoms with Gasteiger partial charge in [-0.2, -0.15) is 0 Å². The summed E-state index contributed by atoms with van der Waals surface area (Å²) in [4.78, 5) is 13.0. The van der Waals surface area contributed by atoms with Crippen LogP contribution < -0.4 is 18.9 Å². The van der Waals surface area contributed by atoms with Crippen molar-refractivity contribution in [1.29, 1.82) is 0 Å². The van der Waals surface area contributed by atoms with Gasteiger partial charge >= 0.3 is 0 Å². The molecule has 0 atom stereocenters. The standard InChI is InChI=1S/C30H28N2O6S2/c1-17-25-27(37-11-9-35-25)29(39-17)19-3-5-23(33)21(13-19)15-31-7-8-32-16-22-14-20(4-6-24(22)34)30-28-26(18(2)40-30)36-10-12-38-28/h3-6,13-16,33-34H,7-12H2,1-2H3. The molecule has 0 saturated heterocycles. The van der Waals surface area contributed by atoms with Gasteiger partial charge in [0.15, 0.2) is 23.0 Å². The fourth-order valence-electron chi connectivity index (χ4n) is 4.61. The van der Waals surface area contributed by atoms with Crippen molar-refractivity contribution >= 4 is 35.1 Å². The highest BCUT2D eigenvalue weighted by atomic mass is 32.1. The molecule has 0 fully saturated rings. The van der Waals surface area contributed by atoms with Crippen LogP contribution in [0.4, 0.5) is 0 Å². The molecule has 0 unspecified atom stereocenters. The van der Waals surface area contributed by atoms with E-state index in [0.29, 0.717) is 50.6 Å². The molecule has 2 aromatic heterocycles. The molecule has 2 aliphatic heterocycles. The van der Waals surface area contributed by atoms with Crippen LogP contribution in [0.15, 0.2) is 46.4 Å². The number of ether oxygens (including phenoxy) is 4. The van der Waals surface area contributed by atoms with E-state index in [-0.39, 0.29) is 11.5 Å². The molecule has 40 heavy (non-hydrogen) atoms. The van der Waals surface area contributed by atoms with E-state index in [4.69, 9.17) is 18.9 Å². The van der Waals surface area contributed by atoms with Crippen LogP contribution in [0.25, 0.3) is 20.9 Å². The molecule has 4 heterocycles. The average molecular weight is 577 g/mol. The minimum atomic E-state index is 0.150. The van der Waals surface area contributed by atoms with Crippen molar-refractivity contribution in [3.63, 3.8) is 0 Å². The lowest BCUT2D eigenvalue weighted by Gasteiger charge is -2.17.